The van der Waals surface area contributed by atoms with E-state index in [1.54, 1.807) is 12.1 Å². The van der Waals surface area contributed by atoms with E-state index in [0.29, 0.717) is 18.5 Å². The highest BCUT2D eigenvalue weighted by Gasteiger charge is 2.37. The van der Waals surface area contributed by atoms with Gasteiger partial charge >= 0.3 is 0 Å². The van der Waals surface area contributed by atoms with Crippen LogP contribution < -0.4 is 11.3 Å². The van der Waals surface area contributed by atoms with Crippen LogP contribution in [-0.4, -0.2) is 27.6 Å². The van der Waals surface area contributed by atoms with Gasteiger partial charge < -0.3 is 0 Å². The quantitative estimate of drug-likeness (QED) is 0.362. The molecule has 0 unspecified atom stereocenters. The molecule has 0 aromatic carbocycles. The lowest BCUT2D eigenvalue weighted by atomic mass is 9.82. The number of imide groups is 1. The molecule has 1 saturated heterocycles. The second-order valence-electron chi connectivity index (χ2n) is 5.88. The standard InChI is InChI=1S/C14H18N4O3/c1-14(2)6-11(19)18(12(20)7-14)8-9-4-3-5-10(16-9)13(21)17-15/h3-5H,6-8,15H2,1-2H3,(H,17,21). The zero-order valence-electron chi connectivity index (χ0n) is 12.0. The Kier molecular flexibility index (Phi) is 4.04. The molecule has 21 heavy (non-hydrogen) atoms. The lowest BCUT2D eigenvalue weighted by Crippen LogP contribution is -2.45. The summed E-state index contributed by atoms with van der Waals surface area (Å²) < 4.78 is 0. The van der Waals surface area contributed by atoms with E-state index in [2.05, 4.69) is 4.98 Å². The Bertz CT molecular complexity index is 578. The molecule has 112 valence electrons. The van der Waals surface area contributed by atoms with Gasteiger partial charge in [-0.3, -0.25) is 24.7 Å². The van der Waals surface area contributed by atoms with E-state index < -0.39 is 5.91 Å². The number of aromatic nitrogens is 1. The van der Waals surface area contributed by atoms with Gasteiger partial charge in [0.1, 0.15) is 5.69 Å². The summed E-state index contributed by atoms with van der Waals surface area (Å²) in [5.41, 5.74) is 2.30. The van der Waals surface area contributed by atoms with Gasteiger partial charge in [0.25, 0.3) is 5.91 Å². The van der Waals surface area contributed by atoms with E-state index >= 15 is 0 Å². The molecule has 0 bridgehead atoms. The summed E-state index contributed by atoms with van der Waals surface area (Å²) in [5.74, 6) is 4.10. The van der Waals surface area contributed by atoms with Crippen LogP contribution in [0, 0.1) is 5.41 Å². The molecule has 1 aromatic rings. The van der Waals surface area contributed by atoms with Gasteiger partial charge in [0.2, 0.25) is 11.8 Å². The Labute approximate surface area is 122 Å². The Morgan fingerprint density at radius 3 is 2.52 bits per heavy atom. The van der Waals surface area contributed by atoms with Crippen LogP contribution in [0.15, 0.2) is 18.2 Å². The van der Waals surface area contributed by atoms with Crippen LogP contribution in [0.5, 0.6) is 0 Å². The number of amides is 3. The van der Waals surface area contributed by atoms with E-state index in [4.69, 9.17) is 5.84 Å². The van der Waals surface area contributed by atoms with Crippen LogP contribution >= 0.6 is 0 Å². The lowest BCUT2D eigenvalue weighted by Gasteiger charge is -2.34. The molecule has 2 rings (SSSR count). The molecule has 1 aliphatic rings. The third-order valence-electron chi connectivity index (χ3n) is 3.35. The Balaban J connectivity index is 2.17. The molecular formula is C14H18N4O3. The van der Waals surface area contributed by atoms with Crippen LogP contribution in [0.3, 0.4) is 0 Å². The van der Waals surface area contributed by atoms with Gasteiger partial charge in [-0.25, -0.2) is 10.8 Å². The first-order valence-electron chi connectivity index (χ1n) is 6.62. The zero-order valence-corrected chi connectivity index (χ0v) is 12.0. The number of likely N-dealkylation sites (tertiary alicyclic amines) is 1. The summed E-state index contributed by atoms with van der Waals surface area (Å²) in [4.78, 5) is 40.9. The second kappa shape index (κ2) is 5.61. The van der Waals surface area contributed by atoms with Crippen molar-refractivity contribution in [2.75, 3.05) is 0 Å². The fourth-order valence-corrected chi connectivity index (χ4v) is 2.32. The molecule has 3 amide bonds. The number of hydrazine groups is 1. The van der Waals surface area contributed by atoms with E-state index in [-0.39, 0.29) is 29.5 Å². The van der Waals surface area contributed by atoms with Crippen molar-refractivity contribution in [3.8, 4) is 0 Å². The first-order valence-corrected chi connectivity index (χ1v) is 6.62. The fourth-order valence-electron chi connectivity index (χ4n) is 2.32. The molecule has 0 aliphatic carbocycles. The third-order valence-corrected chi connectivity index (χ3v) is 3.35. The van der Waals surface area contributed by atoms with Crippen LogP contribution in [0.4, 0.5) is 0 Å². The monoisotopic (exact) mass is 290 g/mol. The van der Waals surface area contributed by atoms with Gasteiger partial charge in [0.15, 0.2) is 0 Å². The summed E-state index contributed by atoms with van der Waals surface area (Å²) in [6.45, 7) is 3.86. The van der Waals surface area contributed by atoms with Gasteiger partial charge in [-0.15, -0.1) is 0 Å². The Hall–Kier alpha value is -2.28. The molecule has 0 radical (unpaired) electrons. The maximum atomic E-state index is 12.1. The molecular weight excluding hydrogens is 272 g/mol. The first kappa shape index (κ1) is 15.1. The molecule has 1 aliphatic heterocycles. The predicted molar refractivity (Wildman–Crippen MR) is 74.5 cm³/mol. The number of carbonyl (C=O) groups excluding carboxylic acids is 3. The highest BCUT2D eigenvalue weighted by atomic mass is 16.2. The van der Waals surface area contributed by atoms with Crippen molar-refractivity contribution in [3.05, 3.63) is 29.6 Å². The average molecular weight is 290 g/mol. The number of rotatable bonds is 3. The average Bonchev–Trinajstić information content (AvgIpc) is 2.41. The molecule has 1 aromatic heterocycles. The number of hydrogen-bond acceptors (Lipinski definition) is 5. The van der Waals surface area contributed by atoms with E-state index in [1.807, 2.05) is 19.3 Å². The Morgan fingerprint density at radius 1 is 1.33 bits per heavy atom. The number of carbonyl (C=O) groups is 3. The minimum absolute atomic E-state index is 0.0689. The van der Waals surface area contributed by atoms with Crippen LogP contribution in [0.2, 0.25) is 0 Å². The molecule has 2 heterocycles. The van der Waals surface area contributed by atoms with Gasteiger partial charge in [0, 0.05) is 12.8 Å². The van der Waals surface area contributed by atoms with Gasteiger partial charge in [-0.1, -0.05) is 19.9 Å². The summed E-state index contributed by atoms with van der Waals surface area (Å²) in [7, 11) is 0. The van der Waals surface area contributed by atoms with Crippen molar-refractivity contribution in [1.82, 2.24) is 15.3 Å². The second-order valence-corrected chi connectivity index (χ2v) is 5.88. The van der Waals surface area contributed by atoms with Crippen molar-refractivity contribution in [1.29, 1.82) is 0 Å². The molecule has 7 nitrogen and oxygen atoms in total. The van der Waals surface area contributed by atoms with Crippen molar-refractivity contribution in [3.63, 3.8) is 0 Å². The van der Waals surface area contributed by atoms with Crippen molar-refractivity contribution >= 4 is 17.7 Å². The highest BCUT2D eigenvalue weighted by molar-refractivity contribution is 5.98. The number of nitrogens with zero attached hydrogens (tertiary/aromatic N) is 2. The molecule has 3 N–H and O–H groups in total. The smallest absolute Gasteiger partial charge is 0.283 e. The zero-order chi connectivity index (χ0) is 15.6. The molecule has 0 spiro atoms. The topological polar surface area (TPSA) is 105 Å². The van der Waals surface area contributed by atoms with Crippen molar-refractivity contribution in [2.24, 2.45) is 11.3 Å². The van der Waals surface area contributed by atoms with E-state index in [1.165, 1.54) is 11.0 Å². The Morgan fingerprint density at radius 2 is 1.95 bits per heavy atom. The summed E-state index contributed by atoms with van der Waals surface area (Å²) in [5, 5.41) is 0. The lowest BCUT2D eigenvalue weighted by molar-refractivity contribution is -0.153. The SMILES string of the molecule is CC1(C)CC(=O)N(Cc2cccc(C(=O)NN)n2)C(=O)C1. The molecule has 0 atom stereocenters. The normalized spacial score (nSPS) is 17.8. The largest absolute Gasteiger partial charge is 0.289 e. The number of nitrogen functional groups attached to an aromatic ring is 1. The number of nitrogens with two attached hydrogens (primary N) is 1. The van der Waals surface area contributed by atoms with Gasteiger partial charge in [-0.05, 0) is 17.5 Å². The van der Waals surface area contributed by atoms with Crippen LogP contribution in [0.1, 0.15) is 42.9 Å². The van der Waals surface area contributed by atoms with Crippen LogP contribution in [0.25, 0.3) is 0 Å². The maximum absolute atomic E-state index is 12.1. The number of hydrogen-bond donors (Lipinski definition) is 2. The number of pyridine rings is 1. The minimum Gasteiger partial charge on any atom is -0.289 e. The van der Waals surface area contributed by atoms with Crippen LogP contribution in [-0.2, 0) is 16.1 Å². The summed E-state index contributed by atoms with van der Waals surface area (Å²) in [6, 6.07) is 4.80. The third kappa shape index (κ3) is 3.43. The van der Waals surface area contributed by atoms with Crippen molar-refractivity contribution < 1.29 is 14.4 Å². The molecule has 0 saturated carbocycles. The number of nitrogens with one attached hydrogen (secondary N) is 1. The van der Waals surface area contributed by atoms with Crippen molar-refractivity contribution in [2.45, 2.75) is 33.2 Å². The van der Waals surface area contributed by atoms with E-state index in [9.17, 15) is 14.4 Å². The minimum atomic E-state index is -0.519. The summed E-state index contributed by atoms with van der Waals surface area (Å²) in [6.07, 6.45) is 0.642. The number of piperidine rings is 1. The van der Waals surface area contributed by atoms with Gasteiger partial charge in [0.05, 0.1) is 12.2 Å². The predicted octanol–water partition coefficient (Wildman–Crippen LogP) is 0.360. The van der Waals surface area contributed by atoms with E-state index in [0.717, 1.165) is 0 Å². The fraction of sp³-hybridized carbons (Fsp3) is 0.429. The molecule has 7 heteroatoms. The van der Waals surface area contributed by atoms with Gasteiger partial charge in [-0.2, -0.15) is 0 Å². The first-order chi connectivity index (χ1) is 9.82. The highest BCUT2D eigenvalue weighted by Crippen LogP contribution is 2.31. The summed E-state index contributed by atoms with van der Waals surface area (Å²) >= 11 is 0. The molecule has 1 fully saturated rings. The maximum Gasteiger partial charge on any atom is 0.283 e.